The molecule has 4 rings (SSSR count). The molecule has 2 aromatic rings. The van der Waals surface area contributed by atoms with Gasteiger partial charge in [-0.2, -0.15) is 0 Å². The number of furan rings is 1. The molecule has 1 saturated carbocycles. The van der Waals surface area contributed by atoms with Crippen molar-refractivity contribution < 1.29 is 19.1 Å². The Morgan fingerprint density at radius 3 is 2.34 bits per heavy atom. The lowest BCUT2D eigenvalue weighted by molar-refractivity contribution is -0.142. The van der Waals surface area contributed by atoms with Gasteiger partial charge in [0.1, 0.15) is 23.3 Å². The Morgan fingerprint density at radius 1 is 1.07 bits per heavy atom. The highest BCUT2D eigenvalue weighted by Crippen LogP contribution is 2.43. The zero-order valence-corrected chi connectivity index (χ0v) is 17.0. The van der Waals surface area contributed by atoms with E-state index in [1.54, 1.807) is 23.1 Å². The van der Waals surface area contributed by atoms with Crippen molar-refractivity contribution in [2.24, 2.45) is 0 Å². The lowest BCUT2D eigenvalue weighted by atomic mass is 9.92. The van der Waals surface area contributed by atoms with Gasteiger partial charge in [0.25, 0.3) is 11.7 Å². The first-order chi connectivity index (χ1) is 14.0. The molecule has 5 heteroatoms. The van der Waals surface area contributed by atoms with Gasteiger partial charge in [-0.3, -0.25) is 9.59 Å². The number of hydrogen-bond acceptors (Lipinski definition) is 4. The van der Waals surface area contributed by atoms with E-state index in [4.69, 9.17) is 4.42 Å². The summed E-state index contributed by atoms with van der Waals surface area (Å²) in [6.45, 7) is 3.89. The number of carbonyl (C=O) groups is 2. The number of amides is 1. The Hall–Kier alpha value is -2.82. The average molecular weight is 393 g/mol. The van der Waals surface area contributed by atoms with E-state index in [1.807, 2.05) is 25.1 Å². The average Bonchev–Trinajstić information content (AvgIpc) is 3.29. The van der Waals surface area contributed by atoms with Crippen LogP contribution >= 0.6 is 0 Å². The number of nitrogens with zero attached hydrogens (tertiary/aromatic N) is 1. The van der Waals surface area contributed by atoms with Crippen molar-refractivity contribution in [2.75, 3.05) is 0 Å². The van der Waals surface area contributed by atoms with Gasteiger partial charge in [-0.05, 0) is 43.9 Å². The van der Waals surface area contributed by atoms with Gasteiger partial charge in [-0.25, -0.2) is 0 Å². The molecule has 1 unspecified atom stereocenters. The van der Waals surface area contributed by atoms with Crippen LogP contribution in [0.3, 0.4) is 0 Å². The molecule has 5 nitrogen and oxygen atoms in total. The van der Waals surface area contributed by atoms with E-state index in [0.717, 1.165) is 44.1 Å². The molecule has 2 fully saturated rings. The molecular weight excluding hydrogens is 366 g/mol. The van der Waals surface area contributed by atoms with Gasteiger partial charge in [0.15, 0.2) is 0 Å². The molecule has 1 atom stereocenters. The summed E-state index contributed by atoms with van der Waals surface area (Å²) < 4.78 is 5.85. The van der Waals surface area contributed by atoms with Crippen molar-refractivity contribution in [3.8, 4) is 0 Å². The van der Waals surface area contributed by atoms with E-state index in [0.29, 0.717) is 17.1 Å². The van der Waals surface area contributed by atoms with Crippen molar-refractivity contribution >= 4 is 17.4 Å². The molecule has 29 heavy (non-hydrogen) atoms. The van der Waals surface area contributed by atoms with Crippen molar-refractivity contribution in [3.63, 3.8) is 0 Å². The van der Waals surface area contributed by atoms with E-state index in [2.05, 4.69) is 6.92 Å². The quantitative estimate of drug-likeness (QED) is 0.455. The summed E-state index contributed by atoms with van der Waals surface area (Å²) in [7, 11) is 0. The van der Waals surface area contributed by atoms with Gasteiger partial charge < -0.3 is 14.4 Å². The van der Waals surface area contributed by atoms with Crippen molar-refractivity contribution in [1.82, 2.24) is 4.90 Å². The summed E-state index contributed by atoms with van der Waals surface area (Å²) in [6, 6.07) is 10.4. The van der Waals surface area contributed by atoms with Gasteiger partial charge in [0.05, 0.1) is 5.57 Å². The summed E-state index contributed by atoms with van der Waals surface area (Å²) in [5, 5.41) is 11.1. The van der Waals surface area contributed by atoms with Crippen LogP contribution in [0.5, 0.6) is 0 Å². The second kappa shape index (κ2) is 7.90. The lowest BCUT2D eigenvalue weighted by Gasteiger charge is -2.34. The molecule has 0 radical (unpaired) electrons. The van der Waals surface area contributed by atoms with Crippen LogP contribution in [0, 0.1) is 6.92 Å². The predicted octanol–water partition coefficient (Wildman–Crippen LogP) is 4.90. The Morgan fingerprint density at radius 2 is 1.76 bits per heavy atom. The fourth-order valence-corrected chi connectivity index (χ4v) is 4.52. The normalized spacial score (nSPS) is 22.4. The number of aliphatic hydroxyl groups is 1. The standard InChI is InChI=1S/C24H27NO4/c1-3-16-10-12-17(13-11-16)22(26)20-21(19-14-9-15(2)29-19)25(24(28)23(20)27)18-7-5-4-6-8-18/h9-14,18,21,26H,3-8H2,1-2H3/b22-20-. The third-order valence-corrected chi connectivity index (χ3v) is 6.11. The molecule has 1 aliphatic heterocycles. The SMILES string of the molecule is CCc1ccc(/C(O)=C2/C(=O)C(=O)N(C3CCCCC3)C2c2ccc(C)o2)cc1. The number of aliphatic hydroxyl groups excluding tert-OH is 1. The first-order valence-electron chi connectivity index (χ1n) is 10.5. The molecule has 0 bridgehead atoms. The van der Waals surface area contributed by atoms with Gasteiger partial charge in [-0.1, -0.05) is 50.5 Å². The van der Waals surface area contributed by atoms with Crippen LogP contribution in [-0.4, -0.2) is 27.7 Å². The number of carbonyl (C=O) groups excluding carboxylic acids is 2. The van der Waals surface area contributed by atoms with Gasteiger partial charge in [0, 0.05) is 11.6 Å². The first kappa shape index (κ1) is 19.5. The van der Waals surface area contributed by atoms with E-state index in [1.165, 1.54) is 0 Å². The van der Waals surface area contributed by atoms with E-state index < -0.39 is 17.7 Å². The van der Waals surface area contributed by atoms with E-state index in [9.17, 15) is 14.7 Å². The Kier molecular flexibility index (Phi) is 5.31. The van der Waals surface area contributed by atoms with Crippen molar-refractivity contribution in [1.29, 1.82) is 0 Å². The molecule has 2 heterocycles. The second-order valence-electron chi connectivity index (χ2n) is 8.00. The zero-order valence-electron chi connectivity index (χ0n) is 17.0. The number of Topliss-reactive ketones (excluding diaryl/α,β-unsaturated/α-hetero) is 1. The van der Waals surface area contributed by atoms with Gasteiger partial charge in [-0.15, -0.1) is 0 Å². The predicted molar refractivity (Wildman–Crippen MR) is 110 cm³/mol. The molecule has 0 spiro atoms. The van der Waals surface area contributed by atoms with Crippen molar-refractivity contribution in [2.45, 2.75) is 64.5 Å². The largest absolute Gasteiger partial charge is 0.507 e. The van der Waals surface area contributed by atoms with Crippen LogP contribution in [0.1, 0.15) is 67.7 Å². The summed E-state index contributed by atoms with van der Waals surface area (Å²) in [5.41, 5.74) is 1.80. The monoisotopic (exact) mass is 393 g/mol. The highest BCUT2D eigenvalue weighted by molar-refractivity contribution is 6.46. The second-order valence-corrected chi connectivity index (χ2v) is 8.00. The number of rotatable bonds is 4. The lowest BCUT2D eigenvalue weighted by Crippen LogP contribution is -2.40. The third kappa shape index (κ3) is 3.50. The van der Waals surface area contributed by atoms with Gasteiger partial charge >= 0.3 is 0 Å². The molecule has 1 aliphatic carbocycles. The zero-order chi connectivity index (χ0) is 20.5. The first-order valence-corrected chi connectivity index (χ1v) is 10.5. The Balaban J connectivity index is 1.83. The molecule has 1 aromatic carbocycles. The minimum Gasteiger partial charge on any atom is -0.507 e. The fourth-order valence-electron chi connectivity index (χ4n) is 4.52. The number of benzene rings is 1. The smallest absolute Gasteiger partial charge is 0.296 e. The minimum atomic E-state index is -0.683. The molecule has 1 amide bonds. The van der Waals surface area contributed by atoms with Crippen LogP contribution in [0.2, 0.25) is 0 Å². The number of aryl methyl sites for hydroxylation is 2. The Bertz CT molecular complexity index is 948. The summed E-state index contributed by atoms with van der Waals surface area (Å²) >= 11 is 0. The number of ketones is 1. The summed E-state index contributed by atoms with van der Waals surface area (Å²) in [5.74, 6) is -0.0710. The van der Waals surface area contributed by atoms with Gasteiger partial charge in [0.2, 0.25) is 0 Å². The van der Waals surface area contributed by atoms with Crippen LogP contribution in [-0.2, 0) is 16.0 Å². The maximum atomic E-state index is 13.0. The summed E-state index contributed by atoms with van der Waals surface area (Å²) in [6.07, 6.45) is 5.85. The topological polar surface area (TPSA) is 70.8 Å². The highest BCUT2D eigenvalue weighted by Gasteiger charge is 2.50. The molecule has 1 aromatic heterocycles. The maximum Gasteiger partial charge on any atom is 0.296 e. The number of likely N-dealkylation sites (tertiary alicyclic amines) is 1. The van der Waals surface area contributed by atoms with Crippen LogP contribution in [0.25, 0.3) is 5.76 Å². The Labute approximate surface area is 171 Å². The molecule has 2 aliphatic rings. The van der Waals surface area contributed by atoms with Crippen molar-refractivity contribution in [3.05, 3.63) is 64.6 Å². The van der Waals surface area contributed by atoms with E-state index >= 15 is 0 Å². The molecular formula is C24H27NO4. The minimum absolute atomic E-state index is 0.0108. The fraction of sp³-hybridized carbons (Fsp3) is 0.417. The molecule has 1 N–H and O–H groups in total. The van der Waals surface area contributed by atoms with Crippen LogP contribution in [0.4, 0.5) is 0 Å². The maximum absolute atomic E-state index is 13.0. The summed E-state index contributed by atoms with van der Waals surface area (Å²) in [4.78, 5) is 27.7. The van der Waals surface area contributed by atoms with E-state index in [-0.39, 0.29) is 17.4 Å². The molecule has 152 valence electrons. The van der Waals surface area contributed by atoms with Crippen LogP contribution < -0.4 is 0 Å². The van der Waals surface area contributed by atoms with Crippen LogP contribution in [0.15, 0.2) is 46.4 Å². The number of hydrogen-bond donors (Lipinski definition) is 1. The third-order valence-electron chi connectivity index (χ3n) is 6.11. The highest BCUT2D eigenvalue weighted by atomic mass is 16.3. The molecule has 1 saturated heterocycles.